The average Bonchev–Trinajstić information content (AvgIpc) is 2.24. The highest BCUT2D eigenvalue weighted by molar-refractivity contribution is 5.97. The molecule has 0 aliphatic heterocycles. The lowest BCUT2D eigenvalue weighted by Crippen LogP contribution is -2.41. The number of nitrogens with one attached hydrogen (secondary N) is 1. The van der Waals surface area contributed by atoms with Crippen molar-refractivity contribution in [3.8, 4) is 5.75 Å². The monoisotopic (exact) mass is 269 g/mol. The first-order valence-electron chi connectivity index (χ1n) is 6.21. The number of amides is 1. The van der Waals surface area contributed by atoms with Gasteiger partial charge in [-0.05, 0) is 31.4 Å². The quantitative estimate of drug-likeness (QED) is 0.766. The standard InChI is InChI=1S/C14H20FNO3/c1-9(2)7-14(3,19)8-16-13(18)12-10(15)5-4-6-11(12)17/h4-6,9,17,19H,7-8H2,1-3H3,(H,16,18). The molecule has 0 fully saturated rings. The minimum Gasteiger partial charge on any atom is -0.507 e. The maximum Gasteiger partial charge on any atom is 0.258 e. The minimum atomic E-state index is -1.06. The molecule has 4 nitrogen and oxygen atoms in total. The summed E-state index contributed by atoms with van der Waals surface area (Å²) in [6.07, 6.45) is 0.510. The fraction of sp³-hybridized carbons (Fsp3) is 0.500. The molecule has 0 saturated carbocycles. The van der Waals surface area contributed by atoms with Crippen molar-refractivity contribution in [3.63, 3.8) is 0 Å². The number of carbonyl (C=O) groups excluding carboxylic acids is 1. The molecule has 0 aromatic heterocycles. The van der Waals surface area contributed by atoms with Gasteiger partial charge in [0.1, 0.15) is 17.1 Å². The number of benzene rings is 1. The predicted molar refractivity (Wildman–Crippen MR) is 70.5 cm³/mol. The van der Waals surface area contributed by atoms with Gasteiger partial charge in [-0.2, -0.15) is 0 Å². The van der Waals surface area contributed by atoms with Crippen LogP contribution in [0.2, 0.25) is 0 Å². The molecule has 0 radical (unpaired) electrons. The average molecular weight is 269 g/mol. The van der Waals surface area contributed by atoms with Crippen LogP contribution in [0.25, 0.3) is 0 Å². The van der Waals surface area contributed by atoms with E-state index < -0.39 is 28.6 Å². The van der Waals surface area contributed by atoms with Gasteiger partial charge < -0.3 is 15.5 Å². The molecule has 1 atom stereocenters. The molecular weight excluding hydrogens is 249 g/mol. The molecule has 5 heteroatoms. The van der Waals surface area contributed by atoms with Crippen LogP contribution in [0.5, 0.6) is 5.75 Å². The van der Waals surface area contributed by atoms with Crippen molar-refractivity contribution in [1.29, 1.82) is 0 Å². The molecule has 1 amide bonds. The Bertz CT molecular complexity index is 438. The molecular formula is C14H20FNO3. The molecule has 0 aliphatic rings. The molecule has 1 unspecified atom stereocenters. The van der Waals surface area contributed by atoms with Gasteiger partial charge in [0.2, 0.25) is 0 Å². The number of hydrogen-bond acceptors (Lipinski definition) is 3. The molecule has 1 aromatic carbocycles. The summed E-state index contributed by atoms with van der Waals surface area (Å²) >= 11 is 0. The summed E-state index contributed by atoms with van der Waals surface area (Å²) in [6, 6.07) is 3.65. The largest absolute Gasteiger partial charge is 0.507 e. The van der Waals surface area contributed by atoms with Crippen molar-refractivity contribution >= 4 is 5.91 Å². The van der Waals surface area contributed by atoms with Crippen LogP contribution in [0.1, 0.15) is 37.6 Å². The Labute approximate surface area is 112 Å². The second kappa shape index (κ2) is 6.02. The Kier molecular flexibility index (Phi) is 4.89. The molecule has 0 heterocycles. The zero-order valence-electron chi connectivity index (χ0n) is 11.4. The minimum absolute atomic E-state index is 0.00219. The Morgan fingerprint density at radius 2 is 2.11 bits per heavy atom. The lowest BCUT2D eigenvalue weighted by atomic mass is 9.94. The maximum absolute atomic E-state index is 13.4. The molecule has 106 valence electrons. The number of hydrogen-bond donors (Lipinski definition) is 3. The van der Waals surface area contributed by atoms with Crippen molar-refractivity contribution in [2.45, 2.75) is 32.8 Å². The van der Waals surface area contributed by atoms with E-state index in [9.17, 15) is 19.4 Å². The Morgan fingerprint density at radius 3 is 2.63 bits per heavy atom. The third kappa shape index (κ3) is 4.52. The summed E-state index contributed by atoms with van der Waals surface area (Å²) in [5.74, 6) is -1.67. The number of phenolic OH excluding ortho intramolecular Hbond substituents is 1. The highest BCUT2D eigenvalue weighted by Crippen LogP contribution is 2.20. The van der Waals surface area contributed by atoms with E-state index >= 15 is 0 Å². The van der Waals surface area contributed by atoms with E-state index in [0.717, 1.165) is 6.07 Å². The van der Waals surface area contributed by atoms with Gasteiger partial charge in [-0.25, -0.2) is 4.39 Å². The van der Waals surface area contributed by atoms with Gasteiger partial charge in [-0.15, -0.1) is 0 Å². The number of halogens is 1. The fourth-order valence-electron chi connectivity index (χ4n) is 2.05. The summed E-state index contributed by atoms with van der Waals surface area (Å²) in [6.45, 7) is 5.52. The number of carbonyl (C=O) groups is 1. The molecule has 0 bridgehead atoms. The second-order valence-electron chi connectivity index (χ2n) is 5.41. The topological polar surface area (TPSA) is 69.6 Å². The smallest absolute Gasteiger partial charge is 0.258 e. The van der Waals surface area contributed by atoms with Crippen LogP contribution in [0.3, 0.4) is 0 Å². The van der Waals surface area contributed by atoms with E-state index in [-0.39, 0.29) is 12.5 Å². The van der Waals surface area contributed by atoms with Crippen LogP contribution in [0, 0.1) is 11.7 Å². The zero-order valence-corrected chi connectivity index (χ0v) is 11.4. The van der Waals surface area contributed by atoms with Crippen LogP contribution in [0.4, 0.5) is 4.39 Å². The molecule has 0 aliphatic carbocycles. The van der Waals surface area contributed by atoms with Crippen LogP contribution in [0.15, 0.2) is 18.2 Å². The maximum atomic E-state index is 13.4. The van der Waals surface area contributed by atoms with Crippen molar-refractivity contribution in [2.75, 3.05) is 6.54 Å². The predicted octanol–water partition coefficient (Wildman–Crippen LogP) is 2.06. The molecule has 0 spiro atoms. The Balaban J connectivity index is 2.71. The summed E-state index contributed by atoms with van der Waals surface area (Å²) < 4.78 is 13.4. The highest BCUT2D eigenvalue weighted by Gasteiger charge is 2.24. The summed E-state index contributed by atoms with van der Waals surface area (Å²) in [5, 5.41) is 22.0. The van der Waals surface area contributed by atoms with E-state index in [4.69, 9.17) is 0 Å². The van der Waals surface area contributed by atoms with Gasteiger partial charge >= 0.3 is 0 Å². The molecule has 1 rings (SSSR count). The molecule has 0 saturated heterocycles. The van der Waals surface area contributed by atoms with Crippen LogP contribution >= 0.6 is 0 Å². The highest BCUT2D eigenvalue weighted by atomic mass is 19.1. The molecule has 1 aromatic rings. The van der Waals surface area contributed by atoms with Gasteiger partial charge in [0.05, 0.1) is 5.60 Å². The van der Waals surface area contributed by atoms with Crippen LogP contribution in [-0.2, 0) is 0 Å². The van der Waals surface area contributed by atoms with E-state index in [1.807, 2.05) is 13.8 Å². The lowest BCUT2D eigenvalue weighted by molar-refractivity contribution is 0.0367. The molecule has 3 N–H and O–H groups in total. The SMILES string of the molecule is CC(C)CC(C)(O)CNC(=O)c1c(O)cccc1F. The summed E-state index contributed by atoms with van der Waals surface area (Å²) in [7, 11) is 0. The number of aromatic hydroxyl groups is 1. The van der Waals surface area contributed by atoms with E-state index in [0.29, 0.717) is 6.42 Å². The number of phenols is 1. The zero-order chi connectivity index (χ0) is 14.6. The third-order valence-electron chi connectivity index (χ3n) is 2.70. The third-order valence-corrected chi connectivity index (χ3v) is 2.70. The van der Waals surface area contributed by atoms with E-state index in [1.54, 1.807) is 6.92 Å². The van der Waals surface area contributed by atoms with Crippen LogP contribution < -0.4 is 5.32 Å². The van der Waals surface area contributed by atoms with Crippen molar-refractivity contribution in [3.05, 3.63) is 29.6 Å². The first-order chi connectivity index (χ1) is 8.73. The van der Waals surface area contributed by atoms with Gasteiger partial charge in [-0.1, -0.05) is 19.9 Å². The van der Waals surface area contributed by atoms with E-state index in [2.05, 4.69) is 5.32 Å². The summed E-state index contributed by atoms with van der Waals surface area (Å²) in [4.78, 5) is 11.8. The normalized spacial score (nSPS) is 14.2. The van der Waals surface area contributed by atoms with E-state index in [1.165, 1.54) is 12.1 Å². The van der Waals surface area contributed by atoms with Gasteiger partial charge in [-0.3, -0.25) is 4.79 Å². The van der Waals surface area contributed by atoms with Crippen molar-refractivity contribution < 1.29 is 19.4 Å². The first-order valence-corrected chi connectivity index (χ1v) is 6.21. The molecule has 19 heavy (non-hydrogen) atoms. The first kappa shape index (κ1) is 15.4. The van der Waals surface area contributed by atoms with Crippen molar-refractivity contribution in [2.24, 2.45) is 5.92 Å². The Morgan fingerprint density at radius 1 is 1.47 bits per heavy atom. The second-order valence-corrected chi connectivity index (χ2v) is 5.41. The lowest BCUT2D eigenvalue weighted by Gasteiger charge is -2.25. The van der Waals surface area contributed by atoms with Gasteiger partial charge in [0.25, 0.3) is 5.91 Å². The number of rotatable bonds is 5. The summed E-state index contributed by atoms with van der Waals surface area (Å²) in [5.41, 5.74) is -1.46. The number of aliphatic hydroxyl groups is 1. The van der Waals surface area contributed by atoms with Crippen molar-refractivity contribution in [1.82, 2.24) is 5.32 Å². The van der Waals surface area contributed by atoms with Crippen LogP contribution in [-0.4, -0.2) is 28.3 Å². The Hall–Kier alpha value is -1.62. The fourth-order valence-corrected chi connectivity index (χ4v) is 2.05. The van der Waals surface area contributed by atoms with Gasteiger partial charge in [0, 0.05) is 6.54 Å². The van der Waals surface area contributed by atoms with Gasteiger partial charge in [0.15, 0.2) is 0 Å².